The third-order valence-electron chi connectivity index (χ3n) is 5.53. The molecule has 2 rings (SSSR count). The molecule has 0 saturated carbocycles. The highest BCUT2D eigenvalue weighted by Crippen LogP contribution is 2.31. The van der Waals surface area contributed by atoms with Gasteiger partial charge in [-0.25, -0.2) is 0 Å². The maximum Gasteiger partial charge on any atom is 0.416 e. The summed E-state index contributed by atoms with van der Waals surface area (Å²) < 4.78 is 39.5. The smallest absolute Gasteiger partial charge is 0.388 e. The lowest BCUT2D eigenvalue weighted by Gasteiger charge is -2.26. The van der Waals surface area contributed by atoms with Crippen LogP contribution in [0.25, 0.3) is 0 Å². The van der Waals surface area contributed by atoms with E-state index in [0.717, 1.165) is 22.8 Å². The minimum atomic E-state index is -4.64. The first-order valence-corrected chi connectivity index (χ1v) is 12.2. The third-order valence-corrected chi connectivity index (χ3v) is 5.53. The Morgan fingerprint density at radius 1 is 0.974 bits per heavy atom. The number of benzene rings is 2. The van der Waals surface area contributed by atoms with Gasteiger partial charge in [0.1, 0.15) is 6.04 Å². The second-order valence-corrected chi connectivity index (χ2v) is 10.1. The van der Waals surface area contributed by atoms with Crippen molar-refractivity contribution in [1.82, 2.24) is 21.3 Å². The largest absolute Gasteiger partial charge is 0.416 e. The van der Waals surface area contributed by atoms with Crippen LogP contribution in [0.4, 0.5) is 18.9 Å². The molecule has 0 radical (unpaired) electrons. The van der Waals surface area contributed by atoms with Crippen LogP contribution in [0.5, 0.6) is 0 Å². The number of amides is 3. The van der Waals surface area contributed by atoms with Gasteiger partial charge >= 0.3 is 6.18 Å². The second kappa shape index (κ2) is 12.8. The van der Waals surface area contributed by atoms with Gasteiger partial charge in [0.25, 0.3) is 5.91 Å². The highest BCUT2D eigenvalue weighted by Gasteiger charge is 2.32. The summed E-state index contributed by atoms with van der Waals surface area (Å²) in [6.45, 7) is 9.47. The number of anilines is 1. The third kappa shape index (κ3) is 9.70. The number of hydrogen-bond donors (Lipinski definition) is 5. The van der Waals surface area contributed by atoms with E-state index in [2.05, 4.69) is 32.7 Å². The van der Waals surface area contributed by atoms with Crippen LogP contribution in [-0.2, 0) is 22.3 Å². The van der Waals surface area contributed by atoms with Crippen LogP contribution in [0.1, 0.15) is 53.4 Å². The monoisotopic (exact) mass is 535 g/mol. The number of alkyl halides is 3. The lowest BCUT2D eigenvalue weighted by Crippen LogP contribution is -2.56. The molecule has 1 unspecified atom stereocenters. The molecule has 1 atom stereocenters. The van der Waals surface area contributed by atoms with Gasteiger partial charge in [-0.1, -0.05) is 23.8 Å². The van der Waals surface area contributed by atoms with E-state index in [1.165, 1.54) is 13.1 Å². The molecule has 8 nitrogen and oxygen atoms in total. The van der Waals surface area contributed by atoms with Crippen molar-refractivity contribution in [2.75, 3.05) is 25.5 Å². The summed E-state index contributed by atoms with van der Waals surface area (Å²) in [6.07, 6.45) is -4.64. The molecule has 2 aromatic carbocycles. The number of hydrogen-bond acceptors (Lipinski definition) is 5. The van der Waals surface area contributed by atoms with Crippen molar-refractivity contribution < 1.29 is 27.6 Å². The fourth-order valence-corrected chi connectivity index (χ4v) is 3.64. The minimum Gasteiger partial charge on any atom is -0.388 e. The first-order valence-electron chi connectivity index (χ1n) is 12.2. The van der Waals surface area contributed by atoms with Crippen LogP contribution in [0, 0.1) is 13.8 Å². The number of nitrogens with one attached hydrogen (secondary N) is 5. The number of aryl methyl sites for hydroxylation is 2. The van der Waals surface area contributed by atoms with E-state index in [1.807, 2.05) is 46.8 Å². The molecule has 38 heavy (non-hydrogen) atoms. The molecule has 0 aromatic heterocycles. The summed E-state index contributed by atoms with van der Waals surface area (Å²) in [7, 11) is 1.43. The standard InChI is InChI=1S/C27H36F3N5O3/c1-16-7-8-18(17(2)9-16)13-32-14-22(25(38)35-26(3,4)5)34-23(36)15-33-24(37)19-10-20(27(28,29)30)12-21(11-19)31-6/h7-12,22,31-32H,13-15H2,1-6H3,(H,33,37)(H,34,36)(H,35,38). The van der Waals surface area contributed by atoms with Crippen LogP contribution in [0.3, 0.4) is 0 Å². The molecule has 0 bridgehead atoms. The van der Waals surface area contributed by atoms with Gasteiger partial charge in [-0.05, 0) is 63.9 Å². The lowest BCUT2D eigenvalue weighted by atomic mass is 10.1. The van der Waals surface area contributed by atoms with Crippen molar-refractivity contribution in [1.29, 1.82) is 0 Å². The van der Waals surface area contributed by atoms with Crippen molar-refractivity contribution in [2.45, 2.75) is 58.9 Å². The summed E-state index contributed by atoms with van der Waals surface area (Å²) >= 11 is 0. The molecule has 208 valence electrons. The van der Waals surface area contributed by atoms with E-state index in [0.29, 0.717) is 12.6 Å². The van der Waals surface area contributed by atoms with Crippen LogP contribution < -0.4 is 26.6 Å². The predicted octanol–water partition coefficient (Wildman–Crippen LogP) is 3.28. The maximum absolute atomic E-state index is 13.2. The van der Waals surface area contributed by atoms with Crippen molar-refractivity contribution in [3.05, 3.63) is 64.2 Å². The average molecular weight is 536 g/mol. The van der Waals surface area contributed by atoms with Gasteiger partial charge in [0, 0.05) is 36.9 Å². The van der Waals surface area contributed by atoms with Gasteiger partial charge in [0.05, 0.1) is 12.1 Å². The Morgan fingerprint density at radius 3 is 2.24 bits per heavy atom. The molecule has 3 amide bonds. The Hall–Kier alpha value is -3.60. The second-order valence-electron chi connectivity index (χ2n) is 10.1. The van der Waals surface area contributed by atoms with E-state index < -0.39 is 47.6 Å². The van der Waals surface area contributed by atoms with Crippen LogP contribution in [0.15, 0.2) is 36.4 Å². The van der Waals surface area contributed by atoms with Crippen molar-refractivity contribution >= 4 is 23.4 Å². The van der Waals surface area contributed by atoms with Gasteiger partial charge in [-0.15, -0.1) is 0 Å². The summed E-state index contributed by atoms with van der Waals surface area (Å²) in [5.41, 5.74) is 1.58. The minimum absolute atomic E-state index is 0.100. The topological polar surface area (TPSA) is 111 Å². The molecular formula is C27H36F3N5O3. The maximum atomic E-state index is 13.2. The van der Waals surface area contributed by atoms with Gasteiger partial charge in [-0.3, -0.25) is 14.4 Å². The molecule has 0 saturated heterocycles. The molecule has 5 N–H and O–H groups in total. The zero-order chi connectivity index (χ0) is 28.7. The molecule has 0 spiro atoms. The van der Waals surface area contributed by atoms with Crippen LogP contribution >= 0.6 is 0 Å². The summed E-state index contributed by atoms with van der Waals surface area (Å²) in [5.74, 6) is -1.94. The fourth-order valence-electron chi connectivity index (χ4n) is 3.64. The molecule has 0 fully saturated rings. The van der Waals surface area contributed by atoms with Crippen molar-refractivity contribution in [2.24, 2.45) is 0 Å². The summed E-state index contributed by atoms with van der Waals surface area (Å²) in [6, 6.07) is 7.92. The number of carbonyl (C=O) groups excluding carboxylic acids is 3. The Morgan fingerprint density at radius 2 is 1.66 bits per heavy atom. The highest BCUT2D eigenvalue weighted by atomic mass is 19.4. The molecule has 0 aliphatic heterocycles. The Balaban J connectivity index is 2.05. The normalized spacial score (nSPS) is 12.4. The van der Waals surface area contributed by atoms with Gasteiger partial charge < -0.3 is 26.6 Å². The summed E-state index contributed by atoms with van der Waals surface area (Å²) in [5, 5.41) is 13.5. The SMILES string of the molecule is CNc1cc(C(=O)NCC(=O)NC(CNCc2ccc(C)cc2C)C(=O)NC(C)(C)C)cc(C(F)(F)F)c1. The molecule has 11 heteroatoms. The molecule has 0 aliphatic carbocycles. The average Bonchev–Trinajstić information content (AvgIpc) is 2.81. The summed E-state index contributed by atoms with van der Waals surface area (Å²) in [4.78, 5) is 38.0. The van der Waals surface area contributed by atoms with Gasteiger partial charge in [-0.2, -0.15) is 13.2 Å². The molecule has 2 aromatic rings. The predicted molar refractivity (Wildman–Crippen MR) is 141 cm³/mol. The van der Waals surface area contributed by atoms with E-state index in [1.54, 1.807) is 0 Å². The quantitative estimate of drug-likeness (QED) is 0.321. The van der Waals surface area contributed by atoms with Crippen molar-refractivity contribution in [3.63, 3.8) is 0 Å². The Kier molecular flexibility index (Phi) is 10.3. The molecule has 0 aliphatic rings. The van der Waals surface area contributed by atoms with Crippen LogP contribution in [-0.4, -0.2) is 49.4 Å². The highest BCUT2D eigenvalue weighted by molar-refractivity contribution is 5.98. The van der Waals surface area contributed by atoms with Gasteiger partial charge in [0.15, 0.2) is 0 Å². The fraction of sp³-hybridized carbons (Fsp3) is 0.444. The Labute approximate surface area is 221 Å². The van der Waals surface area contributed by atoms with E-state index in [4.69, 9.17) is 0 Å². The first kappa shape index (κ1) is 30.6. The molecular weight excluding hydrogens is 499 g/mol. The van der Waals surface area contributed by atoms with E-state index >= 15 is 0 Å². The molecule has 0 heterocycles. The lowest BCUT2D eigenvalue weighted by molar-refractivity contribution is -0.137. The van der Waals surface area contributed by atoms with Crippen LogP contribution in [0.2, 0.25) is 0 Å². The van der Waals surface area contributed by atoms with E-state index in [9.17, 15) is 27.6 Å². The number of halogens is 3. The van der Waals surface area contributed by atoms with Gasteiger partial charge in [0.2, 0.25) is 11.8 Å². The number of rotatable bonds is 10. The first-order chi connectivity index (χ1) is 17.6. The Bertz CT molecular complexity index is 1160. The zero-order valence-electron chi connectivity index (χ0n) is 22.5. The zero-order valence-corrected chi connectivity index (χ0v) is 22.5. The van der Waals surface area contributed by atoms with E-state index in [-0.39, 0.29) is 17.8 Å². The van der Waals surface area contributed by atoms with Crippen molar-refractivity contribution in [3.8, 4) is 0 Å². The number of carbonyl (C=O) groups is 3.